The normalized spacial score (nSPS) is 25.0. The Kier molecular flexibility index (Phi) is 6.51. The standard InChI is InChI=1S/C16H8BrF11INO/c17-8-3-1-7(2-4-8)10(31)30-6-9(29)5-11(18)12(19,20)14(23,24)16(27,28)15(25,26)13(11,21)22/h1-5H,6H2,(H,30,31). The Morgan fingerprint density at radius 2 is 1.19 bits per heavy atom. The van der Waals surface area contributed by atoms with Crippen LogP contribution in [0.5, 0.6) is 0 Å². The summed E-state index contributed by atoms with van der Waals surface area (Å²) in [7, 11) is 0. The summed E-state index contributed by atoms with van der Waals surface area (Å²) in [6.45, 7) is -1.04. The topological polar surface area (TPSA) is 29.1 Å². The molecule has 2 nitrogen and oxygen atoms in total. The Balaban J connectivity index is 2.42. The molecule has 1 amide bonds. The molecule has 1 N–H and O–H groups in total. The summed E-state index contributed by atoms with van der Waals surface area (Å²) in [6.07, 6.45) is -1.01. The minimum atomic E-state index is -7.27. The smallest absolute Gasteiger partial charge is 0.348 e. The molecule has 1 aliphatic rings. The first kappa shape index (κ1) is 26.1. The van der Waals surface area contributed by atoms with Crippen LogP contribution in [-0.2, 0) is 0 Å². The molecule has 31 heavy (non-hydrogen) atoms. The third-order valence-corrected chi connectivity index (χ3v) is 5.59. The summed E-state index contributed by atoms with van der Waals surface area (Å²) in [5.74, 6) is -36.5. The lowest BCUT2D eigenvalue weighted by Gasteiger charge is -2.51. The lowest BCUT2D eigenvalue weighted by atomic mass is 9.72. The van der Waals surface area contributed by atoms with E-state index in [1.165, 1.54) is 24.3 Å². The van der Waals surface area contributed by atoms with Crippen molar-refractivity contribution in [2.75, 3.05) is 6.54 Å². The van der Waals surface area contributed by atoms with Crippen LogP contribution >= 0.6 is 38.5 Å². The quantitative estimate of drug-likeness (QED) is 0.298. The molecule has 0 aromatic heterocycles. The van der Waals surface area contributed by atoms with Crippen molar-refractivity contribution in [3.63, 3.8) is 0 Å². The molecular weight excluding hydrogens is 638 g/mol. The zero-order valence-corrected chi connectivity index (χ0v) is 18.2. The van der Waals surface area contributed by atoms with E-state index in [-0.39, 0.29) is 5.56 Å². The highest BCUT2D eigenvalue weighted by Crippen LogP contribution is 2.69. The maximum Gasteiger partial charge on any atom is 0.384 e. The van der Waals surface area contributed by atoms with E-state index >= 15 is 0 Å². The first-order chi connectivity index (χ1) is 13.8. The summed E-state index contributed by atoms with van der Waals surface area (Å²) in [5, 5.41) is 1.93. The van der Waals surface area contributed by atoms with E-state index in [0.29, 0.717) is 4.47 Å². The fraction of sp³-hybridized carbons (Fsp3) is 0.438. The Hall–Kier alpha value is -1.13. The Bertz CT molecular complexity index is 871. The van der Waals surface area contributed by atoms with E-state index in [1.54, 1.807) is 0 Å². The van der Waals surface area contributed by atoms with Crippen molar-refractivity contribution in [2.45, 2.75) is 35.3 Å². The number of nitrogens with one attached hydrogen (secondary N) is 1. The van der Waals surface area contributed by atoms with Crippen molar-refractivity contribution in [3.05, 3.63) is 44.0 Å². The molecule has 15 heteroatoms. The van der Waals surface area contributed by atoms with Crippen LogP contribution in [0.25, 0.3) is 0 Å². The Labute approximate surface area is 188 Å². The summed E-state index contributed by atoms with van der Waals surface area (Å²) >= 11 is 3.90. The minimum absolute atomic E-state index is 0.0478. The fourth-order valence-corrected chi connectivity index (χ4v) is 3.45. The molecule has 1 aliphatic carbocycles. The van der Waals surface area contributed by atoms with Crippen LogP contribution in [0.15, 0.2) is 38.4 Å². The van der Waals surface area contributed by atoms with Crippen LogP contribution in [0.4, 0.5) is 48.3 Å². The van der Waals surface area contributed by atoms with Gasteiger partial charge in [-0.1, -0.05) is 15.9 Å². The van der Waals surface area contributed by atoms with E-state index in [0.717, 1.165) is 22.6 Å². The number of hydrogen-bond acceptors (Lipinski definition) is 1. The maximum atomic E-state index is 14.6. The van der Waals surface area contributed by atoms with E-state index in [2.05, 4.69) is 15.9 Å². The van der Waals surface area contributed by atoms with Gasteiger partial charge in [-0.2, -0.15) is 43.9 Å². The van der Waals surface area contributed by atoms with Crippen molar-refractivity contribution >= 4 is 44.4 Å². The summed E-state index contributed by atoms with van der Waals surface area (Å²) < 4.78 is 150. The minimum Gasteiger partial charge on any atom is -0.348 e. The monoisotopic (exact) mass is 645 g/mol. The van der Waals surface area contributed by atoms with Crippen LogP contribution in [-0.4, -0.2) is 47.7 Å². The predicted molar refractivity (Wildman–Crippen MR) is 97.2 cm³/mol. The third kappa shape index (κ3) is 3.53. The second-order valence-corrected chi connectivity index (χ2v) is 8.67. The van der Waals surface area contributed by atoms with Gasteiger partial charge in [0.25, 0.3) is 11.6 Å². The van der Waals surface area contributed by atoms with Gasteiger partial charge in [0.2, 0.25) is 0 Å². The molecule has 0 bridgehead atoms. The largest absolute Gasteiger partial charge is 0.384 e. The fourth-order valence-electron chi connectivity index (χ4n) is 2.56. The number of alkyl halides is 11. The van der Waals surface area contributed by atoms with Crippen molar-refractivity contribution in [1.82, 2.24) is 5.32 Å². The molecule has 0 unspecified atom stereocenters. The summed E-state index contributed by atoms with van der Waals surface area (Å²) in [4.78, 5) is 11.9. The van der Waals surface area contributed by atoms with Gasteiger partial charge < -0.3 is 5.32 Å². The van der Waals surface area contributed by atoms with Crippen LogP contribution < -0.4 is 5.32 Å². The predicted octanol–water partition coefficient (Wildman–Crippen LogP) is 6.40. The molecule has 1 aromatic rings. The van der Waals surface area contributed by atoms with Gasteiger partial charge in [-0.25, -0.2) is 4.39 Å². The number of benzene rings is 1. The van der Waals surface area contributed by atoms with Gasteiger partial charge in [-0.3, -0.25) is 4.79 Å². The van der Waals surface area contributed by atoms with Crippen molar-refractivity contribution in [2.24, 2.45) is 0 Å². The molecule has 0 heterocycles. The van der Waals surface area contributed by atoms with E-state index in [1.807, 2.05) is 5.32 Å². The number of amides is 1. The molecule has 0 atom stereocenters. The third-order valence-electron chi connectivity index (χ3n) is 4.37. The van der Waals surface area contributed by atoms with Crippen LogP contribution in [0.3, 0.4) is 0 Å². The molecule has 1 aromatic carbocycles. The van der Waals surface area contributed by atoms with Crippen LogP contribution in [0, 0.1) is 0 Å². The first-order valence-corrected chi connectivity index (χ1v) is 9.64. The highest BCUT2D eigenvalue weighted by atomic mass is 127. The van der Waals surface area contributed by atoms with Crippen LogP contribution in [0.2, 0.25) is 0 Å². The molecule has 0 radical (unpaired) electrons. The number of carbonyl (C=O) groups excluding carboxylic acids is 1. The van der Waals surface area contributed by atoms with Gasteiger partial charge >= 0.3 is 29.6 Å². The number of allylic oxidation sites excluding steroid dienone is 1. The summed E-state index contributed by atoms with van der Waals surface area (Å²) in [6, 6.07) is 5.30. The second-order valence-electron chi connectivity index (χ2n) is 6.36. The molecule has 0 aliphatic heterocycles. The van der Waals surface area contributed by atoms with E-state index < -0.39 is 57.4 Å². The zero-order valence-electron chi connectivity index (χ0n) is 14.4. The van der Waals surface area contributed by atoms with E-state index in [9.17, 15) is 53.1 Å². The molecule has 0 spiro atoms. The van der Waals surface area contributed by atoms with Crippen molar-refractivity contribution in [1.29, 1.82) is 0 Å². The molecular formula is C16H8BrF11INO. The Morgan fingerprint density at radius 1 is 0.806 bits per heavy atom. The molecule has 1 saturated carbocycles. The maximum absolute atomic E-state index is 14.6. The highest BCUT2D eigenvalue weighted by Gasteiger charge is 3.00. The lowest BCUT2D eigenvalue weighted by Crippen LogP contribution is -2.83. The number of hydrogen-bond donors (Lipinski definition) is 1. The average molecular weight is 646 g/mol. The Morgan fingerprint density at radius 3 is 1.61 bits per heavy atom. The summed E-state index contributed by atoms with van der Waals surface area (Å²) in [5.41, 5.74) is -6.26. The molecule has 174 valence electrons. The zero-order chi connectivity index (χ0) is 24.3. The van der Waals surface area contributed by atoms with Gasteiger partial charge in [0.15, 0.2) is 0 Å². The highest BCUT2D eigenvalue weighted by molar-refractivity contribution is 14.1. The lowest BCUT2D eigenvalue weighted by molar-refractivity contribution is -0.476. The van der Waals surface area contributed by atoms with Gasteiger partial charge in [0.1, 0.15) is 0 Å². The van der Waals surface area contributed by atoms with Gasteiger partial charge in [-0.05, 0) is 52.9 Å². The van der Waals surface area contributed by atoms with Gasteiger partial charge in [0, 0.05) is 20.2 Å². The first-order valence-electron chi connectivity index (χ1n) is 7.77. The van der Waals surface area contributed by atoms with Gasteiger partial charge in [0.05, 0.1) is 0 Å². The van der Waals surface area contributed by atoms with Crippen molar-refractivity contribution in [3.8, 4) is 0 Å². The average Bonchev–Trinajstić information content (AvgIpc) is 2.64. The van der Waals surface area contributed by atoms with Gasteiger partial charge in [-0.15, -0.1) is 0 Å². The SMILES string of the molecule is O=C(NCC(I)=CC1(F)C(F)(F)C(F)(F)C(F)(F)C(F)(F)C1(F)F)c1ccc(Br)cc1. The van der Waals surface area contributed by atoms with Crippen molar-refractivity contribution < 1.29 is 53.1 Å². The number of carbonyl (C=O) groups is 1. The van der Waals surface area contributed by atoms with Crippen LogP contribution in [0.1, 0.15) is 10.4 Å². The number of rotatable bonds is 4. The second kappa shape index (κ2) is 7.73. The molecule has 2 rings (SSSR count). The molecule has 1 fully saturated rings. The number of halogens is 13. The van der Waals surface area contributed by atoms with E-state index in [4.69, 9.17) is 0 Å². The molecule has 0 saturated heterocycles.